The third-order valence-electron chi connectivity index (χ3n) is 3.21. The highest BCUT2D eigenvalue weighted by Gasteiger charge is 2.01. The Bertz CT molecular complexity index is 274. The molecule has 0 spiro atoms. The molecular weight excluding hydrogens is 290 g/mol. The first-order valence-corrected chi connectivity index (χ1v) is 8.20. The molecule has 1 rings (SSSR count). The topological polar surface area (TPSA) is 16.4 Å². The lowest BCUT2D eigenvalue weighted by Crippen LogP contribution is -2.18. The molecule has 0 aliphatic carbocycles. The van der Waals surface area contributed by atoms with E-state index in [0.717, 1.165) is 11.9 Å². The monoisotopic (exact) mass is 315 g/mol. The summed E-state index contributed by atoms with van der Waals surface area (Å²) < 4.78 is 5.08. The van der Waals surface area contributed by atoms with Crippen LogP contribution in [0.1, 0.15) is 50.5 Å². The van der Waals surface area contributed by atoms with Gasteiger partial charge in [0.2, 0.25) is 0 Å². The zero-order valence-corrected chi connectivity index (χ0v) is 13.1. The summed E-state index contributed by atoms with van der Waals surface area (Å²) in [6.07, 6.45) is 13.2. The molecule has 0 saturated heterocycles. The minimum atomic E-state index is 1.00. The number of alkyl halides is 1. The molecule has 1 heterocycles. The Hall–Kier alpha value is -0.280. The summed E-state index contributed by atoms with van der Waals surface area (Å²) in [6.45, 7) is 2.19. The molecule has 0 unspecified atom stereocenters. The van der Waals surface area contributed by atoms with Gasteiger partial charge >= 0.3 is 0 Å². The van der Waals surface area contributed by atoms with Gasteiger partial charge in [0.1, 0.15) is 0 Å². The fraction of sp³-hybridized carbons (Fsp3) is 0.733. The quantitative estimate of drug-likeness (QED) is 0.429. The van der Waals surface area contributed by atoms with E-state index in [-0.39, 0.29) is 0 Å². The molecule has 104 valence electrons. The van der Waals surface area contributed by atoms with Crippen molar-refractivity contribution in [3.8, 4) is 0 Å². The smallest absolute Gasteiger partial charge is 0.0947 e. The summed E-state index contributed by atoms with van der Waals surface area (Å²) in [5.41, 5.74) is 1.27. The molecule has 2 nitrogen and oxygen atoms in total. The molecule has 0 radical (unpaired) electrons. The minimum Gasteiger partial charge on any atom is -0.472 e. The molecule has 0 bridgehead atoms. The second-order valence-corrected chi connectivity index (χ2v) is 5.83. The minimum absolute atomic E-state index is 1.00. The van der Waals surface area contributed by atoms with Crippen LogP contribution < -0.4 is 0 Å². The van der Waals surface area contributed by atoms with Crippen molar-refractivity contribution in [3.05, 3.63) is 24.2 Å². The number of halogens is 1. The number of nitrogens with zero attached hydrogens (tertiary/aromatic N) is 1. The molecule has 0 saturated carbocycles. The van der Waals surface area contributed by atoms with E-state index in [1.165, 1.54) is 57.1 Å². The van der Waals surface area contributed by atoms with Gasteiger partial charge in [-0.2, -0.15) is 0 Å². The van der Waals surface area contributed by atoms with Crippen LogP contribution in [-0.4, -0.2) is 23.8 Å². The zero-order chi connectivity index (χ0) is 13.1. The van der Waals surface area contributed by atoms with E-state index < -0.39 is 0 Å². The predicted octanol–water partition coefficient (Wildman–Crippen LogP) is 4.84. The number of unbranched alkanes of at least 4 members (excludes halogenated alkanes) is 6. The van der Waals surface area contributed by atoms with Crippen LogP contribution >= 0.6 is 15.9 Å². The van der Waals surface area contributed by atoms with E-state index in [1.54, 1.807) is 6.26 Å². The summed E-state index contributed by atoms with van der Waals surface area (Å²) in [6, 6.07) is 2.04. The predicted molar refractivity (Wildman–Crippen MR) is 81.2 cm³/mol. The van der Waals surface area contributed by atoms with E-state index in [4.69, 9.17) is 4.42 Å². The van der Waals surface area contributed by atoms with Gasteiger partial charge < -0.3 is 9.32 Å². The Morgan fingerprint density at radius 1 is 1.06 bits per heavy atom. The lowest BCUT2D eigenvalue weighted by Gasteiger charge is -2.15. The van der Waals surface area contributed by atoms with Crippen molar-refractivity contribution in [1.29, 1.82) is 0 Å². The van der Waals surface area contributed by atoms with Gasteiger partial charge in [0.15, 0.2) is 0 Å². The van der Waals surface area contributed by atoms with Crippen molar-refractivity contribution in [1.82, 2.24) is 4.90 Å². The second-order valence-electron chi connectivity index (χ2n) is 5.03. The summed E-state index contributed by atoms with van der Waals surface area (Å²) in [5.74, 6) is 0. The summed E-state index contributed by atoms with van der Waals surface area (Å²) in [4.78, 5) is 2.37. The molecule has 0 aliphatic rings. The molecule has 1 aromatic heterocycles. The Labute approximate surface area is 120 Å². The van der Waals surface area contributed by atoms with E-state index >= 15 is 0 Å². The van der Waals surface area contributed by atoms with Crippen LogP contribution in [0.25, 0.3) is 0 Å². The fourth-order valence-corrected chi connectivity index (χ4v) is 2.53. The number of rotatable bonds is 11. The van der Waals surface area contributed by atoms with Crippen molar-refractivity contribution in [2.45, 2.75) is 51.5 Å². The Morgan fingerprint density at radius 2 is 1.72 bits per heavy atom. The van der Waals surface area contributed by atoms with Crippen LogP contribution in [0.15, 0.2) is 23.0 Å². The lowest BCUT2D eigenvalue weighted by atomic mass is 10.1. The molecule has 0 N–H and O–H groups in total. The van der Waals surface area contributed by atoms with E-state index in [9.17, 15) is 0 Å². The average molecular weight is 316 g/mol. The molecule has 0 fully saturated rings. The molecule has 0 aliphatic heterocycles. The van der Waals surface area contributed by atoms with Crippen LogP contribution in [0.5, 0.6) is 0 Å². The van der Waals surface area contributed by atoms with Crippen molar-refractivity contribution in [2.75, 3.05) is 18.9 Å². The van der Waals surface area contributed by atoms with Gasteiger partial charge in [-0.15, -0.1) is 0 Å². The molecule has 1 aromatic rings. The highest BCUT2D eigenvalue weighted by atomic mass is 79.9. The number of furan rings is 1. The molecular formula is C15H26BrNO. The Balaban J connectivity index is 1.88. The highest BCUT2D eigenvalue weighted by Crippen LogP contribution is 2.09. The first kappa shape index (κ1) is 15.8. The summed E-state index contributed by atoms with van der Waals surface area (Å²) in [7, 11) is 2.18. The largest absolute Gasteiger partial charge is 0.472 e. The van der Waals surface area contributed by atoms with Gasteiger partial charge in [-0.3, -0.25) is 0 Å². The summed E-state index contributed by atoms with van der Waals surface area (Å²) in [5, 5.41) is 1.16. The van der Waals surface area contributed by atoms with Gasteiger partial charge in [-0.1, -0.05) is 48.0 Å². The van der Waals surface area contributed by atoms with Crippen LogP contribution in [0.4, 0.5) is 0 Å². The third-order valence-corrected chi connectivity index (χ3v) is 3.77. The lowest BCUT2D eigenvalue weighted by molar-refractivity contribution is 0.315. The van der Waals surface area contributed by atoms with Gasteiger partial charge in [0.25, 0.3) is 0 Å². The van der Waals surface area contributed by atoms with Crippen LogP contribution in [0.2, 0.25) is 0 Å². The van der Waals surface area contributed by atoms with E-state index in [2.05, 4.69) is 27.9 Å². The van der Waals surface area contributed by atoms with Crippen LogP contribution in [-0.2, 0) is 6.54 Å². The van der Waals surface area contributed by atoms with Gasteiger partial charge in [-0.05, 0) is 32.5 Å². The third kappa shape index (κ3) is 7.93. The normalized spacial score (nSPS) is 11.3. The molecule has 0 atom stereocenters. The standard InChI is InChI=1S/C15H26BrNO/c1-17(13-15-9-12-18-14-15)11-8-6-4-2-3-5-7-10-16/h9,12,14H,2-8,10-11,13H2,1H3. The first-order chi connectivity index (χ1) is 8.83. The molecule has 0 amide bonds. The maximum atomic E-state index is 5.08. The maximum absolute atomic E-state index is 5.08. The Morgan fingerprint density at radius 3 is 2.33 bits per heavy atom. The zero-order valence-electron chi connectivity index (χ0n) is 11.5. The van der Waals surface area contributed by atoms with Gasteiger partial charge in [-0.25, -0.2) is 0 Å². The average Bonchev–Trinajstić information content (AvgIpc) is 2.85. The first-order valence-electron chi connectivity index (χ1n) is 7.08. The fourth-order valence-electron chi connectivity index (χ4n) is 2.13. The molecule has 3 heteroatoms. The number of hydrogen-bond donors (Lipinski definition) is 0. The molecule has 18 heavy (non-hydrogen) atoms. The SMILES string of the molecule is CN(CCCCCCCCCBr)Cc1ccoc1. The van der Waals surface area contributed by atoms with Crippen LogP contribution in [0, 0.1) is 0 Å². The maximum Gasteiger partial charge on any atom is 0.0947 e. The Kier molecular flexibility index (Phi) is 9.31. The summed E-state index contributed by atoms with van der Waals surface area (Å²) >= 11 is 3.47. The number of hydrogen-bond acceptors (Lipinski definition) is 2. The van der Waals surface area contributed by atoms with Crippen molar-refractivity contribution < 1.29 is 4.42 Å². The second kappa shape index (κ2) is 10.6. The van der Waals surface area contributed by atoms with Crippen molar-refractivity contribution in [3.63, 3.8) is 0 Å². The van der Waals surface area contributed by atoms with Crippen LogP contribution in [0.3, 0.4) is 0 Å². The highest BCUT2D eigenvalue weighted by molar-refractivity contribution is 9.09. The van der Waals surface area contributed by atoms with Crippen molar-refractivity contribution in [2.24, 2.45) is 0 Å². The molecule has 0 aromatic carbocycles. The van der Waals surface area contributed by atoms with E-state index in [1.807, 2.05) is 12.3 Å². The van der Waals surface area contributed by atoms with E-state index in [0.29, 0.717) is 0 Å². The van der Waals surface area contributed by atoms with Crippen molar-refractivity contribution >= 4 is 15.9 Å². The van der Waals surface area contributed by atoms with Gasteiger partial charge in [0.05, 0.1) is 12.5 Å². The van der Waals surface area contributed by atoms with Gasteiger partial charge in [0, 0.05) is 17.4 Å².